The normalized spacial score (nSPS) is 21.8. The molecule has 1 aliphatic rings. The van der Waals surface area contributed by atoms with Gasteiger partial charge in [0.15, 0.2) is 0 Å². The molecule has 1 heterocycles. The van der Waals surface area contributed by atoms with E-state index in [1.807, 2.05) is 18.2 Å². The van der Waals surface area contributed by atoms with Crippen LogP contribution in [0.5, 0.6) is 11.5 Å². The van der Waals surface area contributed by atoms with Gasteiger partial charge in [-0.2, -0.15) is 0 Å². The van der Waals surface area contributed by atoms with E-state index in [2.05, 4.69) is 30.1 Å². The van der Waals surface area contributed by atoms with Crippen LogP contribution in [0, 0.1) is 5.92 Å². The molecule has 1 aliphatic heterocycles. The van der Waals surface area contributed by atoms with Gasteiger partial charge in [0.2, 0.25) is 5.91 Å². The Morgan fingerprint density at radius 2 is 1.89 bits per heavy atom. The van der Waals surface area contributed by atoms with Crippen molar-refractivity contribution in [2.75, 3.05) is 46.3 Å². The first-order valence-corrected chi connectivity index (χ1v) is 11.9. The molecule has 3 rings (SSSR count). The highest BCUT2D eigenvalue weighted by Gasteiger charge is 2.29. The lowest BCUT2D eigenvalue weighted by Gasteiger charge is -2.36. The van der Waals surface area contributed by atoms with E-state index in [1.54, 1.807) is 44.4 Å². The van der Waals surface area contributed by atoms with Gasteiger partial charge < -0.3 is 24.4 Å². The number of methoxy groups -OCH3 is 2. The van der Waals surface area contributed by atoms with Crippen molar-refractivity contribution in [3.63, 3.8) is 0 Å². The van der Waals surface area contributed by atoms with Crippen molar-refractivity contribution in [2.24, 2.45) is 5.92 Å². The van der Waals surface area contributed by atoms with Gasteiger partial charge in [-0.1, -0.05) is 25.1 Å². The summed E-state index contributed by atoms with van der Waals surface area (Å²) >= 11 is 0. The minimum Gasteiger partial charge on any atom is -0.496 e. The largest absolute Gasteiger partial charge is 0.496 e. The number of fused-ring (bicyclic) bond motifs is 1. The number of likely N-dealkylation sites (N-methyl/N-ethyl adjacent to an activating group) is 1. The Labute approximate surface area is 208 Å². The van der Waals surface area contributed by atoms with Crippen LogP contribution in [0.15, 0.2) is 42.5 Å². The summed E-state index contributed by atoms with van der Waals surface area (Å²) in [5.74, 6) is 1.11. The predicted molar refractivity (Wildman–Crippen MR) is 136 cm³/mol. The Morgan fingerprint density at radius 1 is 1.14 bits per heavy atom. The molecule has 8 heteroatoms. The number of anilines is 1. The van der Waals surface area contributed by atoms with E-state index >= 15 is 0 Å². The second-order valence-electron chi connectivity index (χ2n) is 9.23. The highest BCUT2D eigenvalue weighted by molar-refractivity contribution is 5.99. The predicted octanol–water partition coefficient (Wildman–Crippen LogP) is 3.66. The SMILES string of the molecule is COc1ccccc1CN1C[C@H](C)[C@H](OC)CN(C)C(=O)c2cc(NC(C)=O)ccc2OC[C@@H]1C. The van der Waals surface area contributed by atoms with E-state index in [9.17, 15) is 9.59 Å². The first-order chi connectivity index (χ1) is 16.7. The number of nitrogens with one attached hydrogen (secondary N) is 1. The van der Waals surface area contributed by atoms with Crippen molar-refractivity contribution in [3.8, 4) is 11.5 Å². The molecule has 0 saturated heterocycles. The van der Waals surface area contributed by atoms with Gasteiger partial charge in [0.25, 0.3) is 5.91 Å². The molecule has 0 fully saturated rings. The van der Waals surface area contributed by atoms with E-state index in [4.69, 9.17) is 14.2 Å². The van der Waals surface area contributed by atoms with Gasteiger partial charge in [-0.25, -0.2) is 0 Å². The van der Waals surface area contributed by atoms with Crippen molar-refractivity contribution in [3.05, 3.63) is 53.6 Å². The van der Waals surface area contributed by atoms with E-state index in [0.29, 0.717) is 36.7 Å². The average Bonchev–Trinajstić information content (AvgIpc) is 2.84. The van der Waals surface area contributed by atoms with Gasteiger partial charge in [-0.15, -0.1) is 0 Å². The fourth-order valence-corrected chi connectivity index (χ4v) is 4.41. The van der Waals surface area contributed by atoms with Gasteiger partial charge >= 0.3 is 0 Å². The van der Waals surface area contributed by atoms with Crippen molar-refractivity contribution >= 4 is 17.5 Å². The number of para-hydroxylation sites is 1. The molecule has 0 spiro atoms. The average molecular weight is 484 g/mol. The molecule has 2 aromatic rings. The molecule has 2 aromatic carbocycles. The molecule has 8 nitrogen and oxygen atoms in total. The Balaban J connectivity index is 1.96. The van der Waals surface area contributed by atoms with Crippen LogP contribution in [0.25, 0.3) is 0 Å². The van der Waals surface area contributed by atoms with Crippen molar-refractivity contribution in [1.29, 1.82) is 0 Å². The molecule has 0 radical (unpaired) electrons. The quantitative estimate of drug-likeness (QED) is 0.699. The first-order valence-electron chi connectivity index (χ1n) is 11.9. The second kappa shape index (κ2) is 12.0. The first kappa shape index (κ1) is 26.5. The Bertz CT molecular complexity index is 1030. The third-order valence-corrected chi connectivity index (χ3v) is 6.46. The van der Waals surface area contributed by atoms with Crippen LogP contribution in [0.1, 0.15) is 36.7 Å². The van der Waals surface area contributed by atoms with Crippen LogP contribution in [-0.2, 0) is 16.1 Å². The molecule has 3 atom stereocenters. The van der Waals surface area contributed by atoms with Crippen LogP contribution in [0.4, 0.5) is 5.69 Å². The summed E-state index contributed by atoms with van der Waals surface area (Å²) in [5.41, 5.74) is 2.06. The molecule has 1 N–H and O–H groups in total. The molecule has 0 bridgehead atoms. The third kappa shape index (κ3) is 6.74. The summed E-state index contributed by atoms with van der Waals surface area (Å²) in [4.78, 5) is 28.9. The number of benzene rings is 2. The van der Waals surface area contributed by atoms with Gasteiger partial charge in [0.05, 0.1) is 18.8 Å². The lowest BCUT2D eigenvalue weighted by molar-refractivity contribution is -0.114. The fraction of sp³-hybridized carbons (Fsp3) is 0.481. The molecular formula is C27H37N3O5. The number of rotatable bonds is 5. The lowest BCUT2D eigenvalue weighted by atomic mass is 10.0. The zero-order valence-corrected chi connectivity index (χ0v) is 21.5. The van der Waals surface area contributed by atoms with Crippen molar-refractivity contribution in [2.45, 2.75) is 39.5 Å². The van der Waals surface area contributed by atoms with Crippen LogP contribution in [0.3, 0.4) is 0 Å². The molecule has 35 heavy (non-hydrogen) atoms. The Morgan fingerprint density at radius 3 is 2.57 bits per heavy atom. The number of hydrogen-bond acceptors (Lipinski definition) is 6. The van der Waals surface area contributed by atoms with Crippen LogP contribution < -0.4 is 14.8 Å². The summed E-state index contributed by atoms with van der Waals surface area (Å²) in [5, 5.41) is 2.75. The Kier molecular flexibility index (Phi) is 9.12. The minimum absolute atomic E-state index is 0.0509. The van der Waals surface area contributed by atoms with E-state index in [0.717, 1.165) is 17.9 Å². The van der Waals surface area contributed by atoms with Crippen LogP contribution in [0.2, 0.25) is 0 Å². The molecule has 190 valence electrons. The number of nitrogens with zero attached hydrogens (tertiary/aromatic N) is 2. The van der Waals surface area contributed by atoms with E-state index < -0.39 is 0 Å². The fourth-order valence-electron chi connectivity index (χ4n) is 4.41. The number of carbonyl (C=O) groups is 2. The summed E-state index contributed by atoms with van der Waals surface area (Å²) < 4.78 is 17.6. The van der Waals surface area contributed by atoms with Gasteiger partial charge in [0.1, 0.15) is 18.1 Å². The molecule has 0 aromatic heterocycles. The summed E-state index contributed by atoms with van der Waals surface area (Å²) in [7, 11) is 5.13. The zero-order chi connectivity index (χ0) is 25.5. The lowest BCUT2D eigenvalue weighted by Crippen LogP contribution is -2.46. The van der Waals surface area contributed by atoms with Gasteiger partial charge in [-0.3, -0.25) is 14.5 Å². The number of ether oxygens (including phenoxy) is 3. The Hall–Kier alpha value is -3.10. The van der Waals surface area contributed by atoms with Crippen LogP contribution >= 0.6 is 0 Å². The maximum atomic E-state index is 13.4. The summed E-state index contributed by atoms with van der Waals surface area (Å²) in [6, 6.07) is 13.2. The zero-order valence-electron chi connectivity index (χ0n) is 21.5. The third-order valence-electron chi connectivity index (χ3n) is 6.46. The van der Waals surface area contributed by atoms with Crippen LogP contribution in [-0.4, -0.2) is 74.7 Å². The maximum absolute atomic E-state index is 13.4. The highest BCUT2D eigenvalue weighted by Crippen LogP contribution is 2.27. The summed E-state index contributed by atoms with van der Waals surface area (Å²) in [6.07, 6.45) is -0.154. The minimum atomic E-state index is -0.200. The molecule has 0 unspecified atom stereocenters. The van der Waals surface area contributed by atoms with Crippen molar-refractivity contribution < 1.29 is 23.8 Å². The monoisotopic (exact) mass is 483 g/mol. The standard InChI is InChI=1S/C27H37N3O5/c1-18-14-30(15-21-9-7-8-10-24(21)33-5)19(2)17-35-25-12-11-22(28-20(3)31)13-23(25)27(32)29(4)16-26(18)34-6/h7-13,18-19,26H,14-17H2,1-6H3,(H,28,31)/t18-,19-,26+/m0/s1. The molecule has 0 aliphatic carbocycles. The number of amides is 2. The number of hydrogen-bond donors (Lipinski definition) is 1. The molecular weight excluding hydrogens is 446 g/mol. The maximum Gasteiger partial charge on any atom is 0.257 e. The van der Waals surface area contributed by atoms with E-state index in [-0.39, 0.29) is 29.9 Å². The van der Waals surface area contributed by atoms with Gasteiger partial charge in [-0.05, 0) is 37.1 Å². The second-order valence-corrected chi connectivity index (χ2v) is 9.23. The molecule has 2 amide bonds. The van der Waals surface area contributed by atoms with Crippen molar-refractivity contribution in [1.82, 2.24) is 9.80 Å². The summed E-state index contributed by atoms with van der Waals surface area (Å²) in [6.45, 7) is 7.97. The highest BCUT2D eigenvalue weighted by atomic mass is 16.5. The molecule has 0 saturated carbocycles. The van der Waals surface area contributed by atoms with E-state index in [1.165, 1.54) is 6.92 Å². The number of carbonyl (C=O) groups excluding carboxylic acids is 2. The van der Waals surface area contributed by atoms with Gasteiger partial charge in [0, 0.05) is 58.0 Å². The smallest absolute Gasteiger partial charge is 0.257 e. The topological polar surface area (TPSA) is 80.3 Å².